The zero-order valence-corrected chi connectivity index (χ0v) is 18.9. The number of nitrogens with zero attached hydrogens (tertiary/aromatic N) is 3. The Morgan fingerprint density at radius 2 is 2.03 bits per heavy atom. The molecule has 2 N–H and O–H groups in total. The summed E-state index contributed by atoms with van der Waals surface area (Å²) in [5.74, 6) is 4.44. The number of rotatable bonds is 5. The van der Waals surface area contributed by atoms with E-state index in [4.69, 9.17) is 15.1 Å². The smallest absolute Gasteiger partial charge is 0.230 e. The number of hydrogen-bond acceptors (Lipinski definition) is 7. The van der Waals surface area contributed by atoms with Crippen molar-refractivity contribution in [2.45, 2.75) is 84.6 Å². The highest BCUT2D eigenvalue weighted by Crippen LogP contribution is 2.65. The fourth-order valence-corrected chi connectivity index (χ4v) is 7.66. The van der Waals surface area contributed by atoms with Gasteiger partial charge in [0.2, 0.25) is 5.89 Å². The van der Waals surface area contributed by atoms with Crippen LogP contribution in [0.5, 0.6) is 0 Å². The summed E-state index contributed by atoms with van der Waals surface area (Å²) in [5, 5.41) is 8.28. The van der Waals surface area contributed by atoms with Crippen molar-refractivity contribution in [3.63, 3.8) is 0 Å². The third-order valence-electron chi connectivity index (χ3n) is 9.50. The predicted molar refractivity (Wildman–Crippen MR) is 116 cm³/mol. The fraction of sp³-hybridized carbons (Fsp3) is 0.833. The maximum Gasteiger partial charge on any atom is 0.230 e. The Morgan fingerprint density at radius 3 is 2.84 bits per heavy atom. The highest BCUT2D eigenvalue weighted by atomic mass is 16.6. The van der Waals surface area contributed by atoms with Crippen molar-refractivity contribution in [1.29, 1.82) is 0 Å². The van der Waals surface area contributed by atoms with Crippen LogP contribution < -0.4 is 5.73 Å². The Hall–Kier alpha value is -1.76. The number of Topliss-reactive ketones (excluding diaryl/α,β-unsaturated/α-hetero) is 1. The van der Waals surface area contributed by atoms with Crippen LogP contribution in [0.25, 0.3) is 0 Å². The quantitative estimate of drug-likeness (QED) is 0.560. The molecule has 0 aliphatic heterocycles. The summed E-state index contributed by atoms with van der Waals surface area (Å²) in [6.07, 6.45) is 10.7. The molecule has 1 aromatic rings. The fourth-order valence-electron chi connectivity index (χ4n) is 7.66. The van der Waals surface area contributed by atoms with Crippen LogP contribution in [0.2, 0.25) is 0 Å². The van der Waals surface area contributed by atoms with E-state index in [1.165, 1.54) is 31.4 Å². The molecule has 4 aliphatic rings. The minimum atomic E-state index is -0.0250. The van der Waals surface area contributed by atoms with E-state index in [1.54, 1.807) is 0 Å². The lowest BCUT2D eigenvalue weighted by atomic mass is 9.45. The topological polar surface area (TPSA) is 104 Å². The van der Waals surface area contributed by atoms with Gasteiger partial charge < -0.3 is 15.1 Å². The Balaban J connectivity index is 1.19. The molecule has 170 valence electrons. The second-order valence-electron chi connectivity index (χ2n) is 10.8. The lowest BCUT2D eigenvalue weighted by Crippen LogP contribution is -2.53. The molecule has 4 aliphatic carbocycles. The van der Waals surface area contributed by atoms with Gasteiger partial charge in [0.1, 0.15) is 12.4 Å². The number of fused-ring (bicyclic) bond motifs is 5. The second-order valence-corrected chi connectivity index (χ2v) is 10.8. The van der Waals surface area contributed by atoms with Crippen LogP contribution in [0.3, 0.4) is 0 Å². The molecule has 0 radical (unpaired) electrons. The molecule has 0 bridgehead atoms. The summed E-state index contributed by atoms with van der Waals surface area (Å²) in [7, 11) is 0. The van der Waals surface area contributed by atoms with Crippen molar-refractivity contribution in [3.8, 4) is 0 Å². The highest BCUT2D eigenvalue weighted by Gasteiger charge is 2.60. The lowest BCUT2D eigenvalue weighted by Gasteiger charge is -2.59. The van der Waals surface area contributed by atoms with Crippen LogP contribution >= 0.6 is 0 Å². The molecule has 1 heterocycles. The third-order valence-corrected chi connectivity index (χ3v) is 9.50. The Bertz CT molecular complexity index is 867. The number of oxime groups is 1. The minimum Gasteiger partial charge on any atom is -0.395 e. The van der Waals surface area contributed by atoms with E-state index in [0.29, 0.717) is 47.8 Å². The summed E-state index contributed by atoms with van der Waals surface area (Å²) < 4.78 is 5.13. The van der Waals surface area contributed by atoms with E-state index in [2.05, 4.69) is 29.1 Å². The monoisotopic (exact) mass is 428 g/mol. The molecular weight excluding hydrogens is 392 g/mol. The molecule has 7 heteroatoms. The molecule has 0 spiro atoms. The predicted octanol–water partition coefficient (Wildman–Crippen LogP) is 4.06. The Labute approximate surface area is 184 Å². The van der Waals surface area contributed by atoms with E-state index in [1.807, 2.05) is 0 Å². The van der Waals surface area contributed by atoms with Crippen LogP contribution in [0.4, 0.5) is 0 Å². The van der Waals surface area contributed by atoms with Gasteiger partial charge in [-0.2, -0.15) is 4.98 Å². The van der Waals surface area contributed by atoms with Gasteiger partial charge in [-0.1, -0.05) is 24.2 Å². The number of ketones is 1. The van der Waals surface area contributed by atoms with Crippen LogP contribution in [0.1, 0.15) is 83.3 Å². The SMILES string of the molecule is C[C@]12CC/C(=N/OCCc3nc(CN)no3)CC1CCC1C2CC[C@]2(C)C(=O)CCC12. The highest BCUT2D eigenvalue weighted by molar-refractivity contribution is 5.87. The standard InChI is InChI=1S/C24H36N4O3/c1-23-10-7-16(27-30-12-9-22-26-21(14-25)28-31-22)13-15(23)3-4-17-18-5-6-20(29)24(18,2)11-8-19(17)23/h15,17-19H,3-14,25H2,1-2H3/b27-16-/t15?,17?,18?,19?,23-,24-/m0/s1. The molecule has 0 aromatic carbocycles. The molecule has 7 nitrogen and oxygen atoms in total. The van der Waals surface area contributed by atoms with Crippen LogP contribution in [-0.4, -0.2) is 28.2 Å². The summed E-state index contributed by atoms with van der Waals surface area (Å²) in [6.45, 7) is 5.53. The maximum atomic E-state index is 12.6. The maximum absolute atomic E-state index is 12.6. The van der Waals surface area contributed by atoms with Crippen LogP contribution in [0, 0.1) is 34.5 Å². The largest absolute Gasteiger partial charge is 0.395 e. The molecule has 4 fully saturated rings. The summed E-state index contributed by atoms with van der Waals surface area (Å²) in [6, 6.07) is 0. The van der Waals surface area contributed by atoms with E-state index in [9.17, 15) is 4.79 Å². The van der Waals surface area contributed by atoms with E-state index in [-0.39, 0.29) is 12.0 Å². The van der Waals surface area contributed by atoms with Crippen molar-refractivity contribution < 1.29 is 14.2 Å². The first-order valence-corrected chi connectivity index (χ1v) is 12.2. The molecule has 31 heavy (non-hydrogen) atoms. The van der Waals surface area contributed by atoms with Crippen LogP contribution in [0.15, 0.2) is 9.68 Å². The molecule has 1 aromatic heterocycles. The van der Waals surface area contributed by atoms with Crippen molar-refractivity contribution >= 4 is 11.5 Å². The Kier molecular flexibility index (Phi) is 5.43. The van der Waals surface area contributed by atoms with Gasteiger partial charge in [0.15, 0.2) is 5.82 Å². The number of nitrogens with two attached hydrogens (primary N) is 1. The summed E-state index contributed by atoms with van der Waals surface area (Å²) in [5.41, 5.74) is 7.07. The van der Waals surface area contributed by atoms with Crippen molar-refractivity contribution in [2.24, 2.45) is 45.4 Å². The number of aromatic nitrogens is 2. The van der Waals surface area contributed by atoms with E-state index < -0.39 is 0 Å². The average molecular weight is 429 g/mol. The normalized spacial score (nSPS) is 41.0. The molecule has 0 saturated heterocycles. The Morgan fingerprint density at radius 1 is 1.16 bits per heavy atom. The zero-order chi connectivity index (χ0) is 21.6. The number of hydrogen-bond donors (Lipinski definition) is 1. The number of carbonyl (C=O) groups is 1. The molecule has 0 amide bonds. The van der Waals surface area contributed by atoms with Crippen molar-refractivity contribution in [1.82, 2.24) is 10.1 Å². The zero-order valence-electron chi connectivity index (χ0n) is 18.9. The molecule has 5 rings (SSSR count). The lowest BCUT2D eigenvalue weighted by molar-refractivity contribution is -0.137. The first-order valence-electron chi connectivity index (χ1n) is 12.2. The molecule has 6 atom stereocenters. The van der Waals surface area contributed by atoms with Gasteiger partial charge in [-0.15, -0.1) is 0 Å². The minimum absolute atomic E-state index is 0.0250. The first kappa shape index (κ1) is 21.1. The van der Waals surface area contributed by atoms with Gasteiger partial charge in [-0.3, -0.25) is 4.79 Å². The van der Waals surface area contributed by atoms with E-state index >= 15 is 0 Å². The molecular formula is C24H36N4O3. The average Bonchev–Trinajstić information content (AvgIpc) is 3.35. The summed E-state index contributed by atoms with van der Waals surface area (Å²) in [4.78, 5) is 22.4. The molecule has 4 saturated carbocycles. The third kappa shape index (κ3) is 3.53. The van der Waals surface area contributed by atoms with Gasteiger partial charge in [-0.25, -0.2) is 0 Å². The van der Waals surface area contributed by atoms with Gasteiger partial charge in [0.05, 0.1) is 18.7 Å². The van der Waals surface area contributed by atoms with Gasteiger partial charge in [0.25, 0.3) is 0 Å². The van der Waals surface area contributed by atoms with Crippen molar-refractivity contribution in [3.05, 3.63) is 11.7 Å². The first-order chi connectivity index (χ1) is 14.9. The van der Waals surface area contributed by atoms with Gasteiger partial charge in [0, 0.05) is 11.8 Å². The van der Waals surface area contributed by atoms with Crippen LogP contribution in [-0.2, 0) is 22.6 Å². The van der Waals surface area contributed by atoms with Gasteiger partial charge >= 0.3 is 0 Å². The van der Waals surface area contributed by atoms with Gasteiger partial charge in [-0.05, 0) is 80.5 Å². The number of carbonyl (C=O) groups excluding carboxylic acids is 1. The second kappa shape index (κ2) is 7.98. The van der Waals surface area contributed by atoms with E-state index in [0.717, 1.165) is 43.9 Å². The molecule has 4 unspecified atom stereocenters. The van der Waals surface area contributed by atoms with Crippen molar-refractivity contribution in [2.75, 3.05) is 6.61 Å². The summed E-state index contributed by atoms with van der Waals surface area (Å²) >= 11 is 0.